The molecule has 0 N–H and O–H groups in total. The van der Waals surface area contributed by atoms with Crippen molar-refractivity contribution in [3.05, 3.63) is 60.2 Å². The average Bonchev–Trinajstić information content (AvgIpc) is 3.18. The summed E-state index contributed by atoms with van der Waals surface area (Å²) in [6, 6.07) is 16.8. The minimum atomic E-state index is -0.594. The van der Waals surface area contributed by atoms with Gasteiger partial charge in [-0.15, -0.1) is 0 Å². The molecule has 2 aromatic carbocycles. The Morgan fingerprint density at radius 1 is 1.09 bits per heavy atom. The van der Waals surface area contributed by atoms with Gasteiger partial charge in [-0.3, -0.25) is 14.4 Å². The van der Waals surface area contributed by atoms with E-state index in [2.05, 4.69) is 0 Å². The van der Waals surface area contributed by atoms with E-state index in [1.807, 2.05) is 51.1 Å². The minimum Gasteiger partial charge on any atom is -0.494 e. The summed E-state index contributed by atoms with van der Waals surface area (Å²) in [6.45, 7) is 6.66. The lowest BCUT2D eigenvalue weighted by Gasteiger charge is -2.27. The van der Waals surface area contributed by atoms with Crippen LogP contribution in [0, 0.1) is 5.92 Å². The Hall–Kier alpha value is -3.35. The predicted octanol–water partition coefficient (Wildman–Crippen LogP) is 3.42. The van der Waals surface area contributed by atoms with Crippen molar-refractivity contribution in [3.63, 3.8) is 0 Å². The van der Waals surface area contributed by atoms with Gasteiger partial charge in [0.2, 0.25) is 5.91 Å². The van der Waals surface area contributed by atoms with Gasteiger partial charge in [-0.1, -0.05) is 30.3 Å². The van der Waals surface area contributed by atoms with Crippen molar-refractivity contribution in [3.8, 4) is 5.75 Å². The fraction of sp³-hybridized carbons (Fsp3) is 0.400. The summed E-state index contributed by atoms with van der Waals surface area (Å²) in [5, 5.41) is 0. The molecule has 1 fully saturated rings. The summed E-state index contributed by atoms with van der Waals surface area (Å²) >= 11 is 0. The third kappa shape index (κ3) is 5.87. The minimum absolute atomic E-state index is 0.0374. The first-order valence-corrected chi connectivity index (χ1v) is 10.9. The van der Waals surface area contributed by atoms with E-state index in [1.54, 1.807) is 34.1 Å². The predicted molar refractivity (Wildman–Crippen MR) is 121 cm³/mol. The molecule has 1 atom stereocenters. The van der Waals surface area contributed by atoms with E-state index in [9.17, 15) is 14.4 Å². The molecule has 2 aromatic rings. The maximum atomic E-state index is 12.7. The summed E-state index contributed by atoms with van der Waals surface area (Å²) in [4.78, 5) is 41.0. The summed E-state index contributed by atoms with van der Waals surface area (Å²) < 4.78 is 10.7. The molecule has 0 radical (unpaired) electrons. The van der Waals surface area contributed by atoms with Gasteiger partial charge in [-0.2, -0.15) is 0 Å². The molecule has 0 saturated carbocycles. The molecule has 1 heterocycles. The van der Waals surface area contributed by atoms with Gasteiger partial charge in [-0.25, -0.2) is 0 Å². The van der Waals surface area contributed by atoms with E-state index in [0.29, 0.717) is 18.8 Å². The maximum Gasteiger partial charge on any atom is 0.311 e. The number of esters is 1. The Balaban J connectivity index is 1.55. The number of carbonyl (C=O) groups is 3. The smallest absolute Gasteiger partial charge is 0.311 e. The molecule has 1 aliphatic heterocycles. The van der Waals surface area contributed by atoms with Crippen molar-refractivity contribution < 1.29 is 23.9 Å². The molecule has 0 aromatic heterocycles. The standard InChI is InChI=1S/C25H30N2O5/c1-4-31-22-12-10-21(11-13-22)27-16-20(14-23(27)28)25(30)32-17-24(29)26(18(2)3)15-19-8-6-5-7-9-19/h5-13,18,20H,4,14-17H2,1-3H3. The summed E-state index contributed by atoms with van der Waals surface area (Å²) in [6.07, 6.45) is 0.0676. The van der Waals surface area contributed by atoms with E-state index in [-0.39, 0.29) is 37.4 Å². The molecular formula is C25H30N2O5. The van der Waals surface area contributed by atoms with Crippen LogP contribution in [0.4, 0.5) is 5.69 Å². The number of benzene rings is 2. The number of rotatable bonds is 9. The second kappa shape index (κ2) is 10.8. The molecule has 1 aliphatic rings. The average molecular weight is 439 g/mol. The highest BCUT2D eigenvalue weighted by Crippen LogP contribution is 2.27. The number of ether oxygens (including phenoxy) is 2. The van der Waals surface area contributed by atoms with Gasteiger partial charge in [0.05, 0.1) is 12.5 Å². The van der Waals surface area contributed by atoms with E-state index in [1.165, 1.54) is 0 Å². The van der Waals surface area contributed by atoms with Crippen LogP contribution in [0.25, 0.3) is 0 Å². The fourth-order valence-corrected chi connectivity index (χ4v) is 3.68. The van der Waals surface area contributed by atoms with Gasteiger partial charge in [0.25, 0.3) is 5.91 Å². The largest absolute Gasteiger partial charge is 0.494 e. The Morgan fingerprint density at radius 3 is 2.41 bits per heavy atom. The van der Waals surface area contributed by atoms with Crippen molar-refractivity contribution in [2.45, 2.75) is 39.8 Å². The van der Waals surface area contributed by atoms with Crippen molar-refractivity contribution in [2.75, 3.05) is 24.7 Å². The van der Waals surface area contributed by atoms with Crippen LogP contribution in [-0.4, -0.2) is 48.5 Å². The zero-order valence-corrected chi connectivity index (χ0v) is 18.8. The van der Waals surface area contributed by atoms with Crippen LogP contribution in [0.1, 0.15) is 32.8 Å². The van der Waals surface area contributed by atoms with E-state index in [4.69, 9.17) is 9.47 Å². The zero-order chi connectivity index (χ0) is 23.1. The molecule has 0 spiro atoms. The quantitative estimate of drug-likeness (QED) is 0.561. The van der Waals surface area contributed by atoms with E-state index in [0.717, 1.165) is 11.3 Å². The highest BCUT2D eigenvalue weighted by atomic mass is 16.5. The number of anilines is 1. The number of nitrogens with zero attached hydrogens (tertiary/aromatic N) is 2. The van der Waals surface area contributed by atoms with Crippen LogP contribution in [0.5, 0.6) is 5.75 Å². The van der Waals surface area contributed by atoms with Crippen molar-refractivity contribution in [1.29, 1.82) is 0 Å². The number of carbonyl (C=O) groups excluding carboxylic acids is 3. The van der Waals surface area contributed by atoms with E-state index >= 15 is 0 Å². The first-order chi connectivity index (χ1) is 15.4. The van der Waals surface area contributed by atoms with Crippen LogP contribution in [0.3, 0.4) is 0 Å². The zero-order valence-electron chi connectivity index (χ0n) is 18.8. The third-order valence-electron chi connectivity index (χ3n) is 5.40. The SMILES string of the molecule is CCOc1ccc(N2CC(C(=O)OCC(=O)N(Cc3ccccc3)C(C)C)CC2=O)cc1. The van der Waals surface area contributed by atoms with Crippen LogP contribution < -0.4 is 9.64 Å². The van der Waals surface area contributed by atoms with Gasteiger partial charge >= 0.3 is 5.97 Å². The molecule has 1 unspecified atom stereocenters. The second-order valence-corrected chi connectivity index (χ2v) is 8.04. The fourth-order valence-electron chi connectivity index (χ4n) is 3.68. The Kier molecular flexibility index (Phi) is 7.87. The van der Waals surface area contributed by atoms with Crippen molar-refractivity contribution in [1.82, 2.24) is 4.90 Å². The van der Waals surface area contributed by atoms with Gasteiger partial charge in [-0.05, 0) is 50.6 Å². The van der Waals surface area contributed by atoms with Gasteiger partial charge in [0.15, 0.2) is 6.61 Å². The molecule has 7 heteroatoms. The molecule has 170 valence electrons. The van der Waals surface area contributed by atoms with Gasteiger partial charge in [0, 0.05) is 31.2 Å². The molecule has 1 saturated heterocycles. The highest BCUT2D eigenvalue weighted by molar-refractivity contribution is 5.99. The number of hydrogen-bond acceptors (Lipinski definition) is 5. The Morgan fingerprint density at radius 2 is 1.78 bits per heavy atom. The topological polar surface area (TPSA) is 76.2 Å². The van der Waals surface area contributed by atoms with Crippen LogP contribution in [-0.2, 0) is 25.7 Å². The number of hydrogen-bond donors (Lipinski definition) is 0. The van der Waals surface area contributed by atoms with Crippen molar-refractivity contribution >= 4 is 23.5 Å². The summed E-state index contributed by atoms with van der Waals surface area (Å²) in [7, 11) is 0. The normalized spacial score (nSPS) is 15.7. The lowest BCUT2D eigenvalue weighted by atomic mass is 10.1. The summed E-state index contributed by atoms with van der Waals surface area (Å²) in [5.74, 6) is -0.796. The molecule has 7 nitrogen and oxygen atoms in total. The first kappa shape index (κ1) is 23.3. The molecular weight excluding hydrogens is 408 g/mol. The van der Waals surface area contributed by atoms with Crippen LogP contribution >= 0.6 is 0 Å². The molecule has 0 bridgehead atoms. The monoisotopic (exact) mass is 438 g/mol. The van der Waals surface area contributed by atoms with Crippen LogP contribution in [0.15, 0.2) is 54.6 Å². The molecule has 0 aliphatic carbocycles. The van der Waals surface area contributed by atoms with Crippen molar-refractivity contribution in [2.24, 2.45) is 5.92 Å². The third-order valence-corrected chi connectivity index (χ3v) is 5.40. The van der Waals surface area contributed by atoms with Gasteiger partial charge < -0.3 is 19.3 Å². The first-order valence-electron chi connectivity index (χ1n) is 10.9. The lowest BCUT2D eigenvalue weighted by Crippen LogP contribution is -2.39. The van der Waals surface area contributed by atoms with E-state index < -0.39 is 11.9 Å². The highest BCUT2D eigenvalue weighted by Gasteiger charge is 2.36. The van der Waals surface area contributed by atoms with Gasteiger partial charge in [0.1, 0.15) is 5.75 Å². The number of amides is 2. The Bertz CT molecular complexity index is 927. The second-order valence-electron chi connectivity index (χ2n) is 8.04. The molecule has 3 rings (SSSR count). The molecule has 2 amide bonds. The Labute approximate surface area is 188 Å². The molecule has 32 heavy (non-hydrogen) atoms. The van der Waals surface area contributed by atoms with Crippen LogP contribution in [0.2, 0.25) is 0 Å². The maximum absolute atomic E-state index is 12.7. The lowest BCUT2D eigenvalue weighted by molar-refractivity contribution is -0.156. The summed E-state index contributed by atoms with van der Waals surface area (Å²) in [5.41, 5.74) is 1.71.